The van der Waals surface area contributed by atoms with Crippen LogP contribution in [0, 0.1) is 12.8 Å². The first-order valence-electron chi connectivity index (χ1n) is 12.1. The van der Waals surface area contributed by atoms with E-state index < -0.39 is 9.84 Å². The third kappa shape index (κ3) is 4.02. The summed E-state index contributed by atoms with van der Waals surface area (Å²) in [6.07, 6.45) is 0.685. The van der Waals surface area contributed by atoms with Gasteiger partial charge in [-0.25, -0.2) is 13.4 Å². The second kappa shape index (κ2) is 9.22. The predicted molar refractivity (Wildman–Crippen MR) is 141 cm³/mol. The van der Waals surface area contributed by atoms with Gasteiger partial charge in [0, 0.05) is 40.3 Å². The number of nitrogens with one attached hydrogen (secondary N) is 2. The molecular weight excluding hydrogens is 476 g/mol. The lowest BCUT2D eigenvalue weighted by atomic mass is 9.80. The summed E-state index contributed by atoms with van der Waals surface area (Å²) >= 11 is 0. The van der Waals surface area contributed by atoms with Crippen molar-refractivity contribution in [2.75, 3.05) is 26.0 Å². The fraction of sp³-hybridized carbons (Fsp3) is 0.333. The average molecular weight is 507 g/mol. The monoisotopic (exact) mass is 506 g/mol. The van der Waals surface area contributed by atoms with Gasteiger partial charge in [-0.1, -0.05) is 31.2 Å². The molecular formula is C27H30N4O4S. The molecule has 1 saturated heterocycles. The normalized spacial score (nSPS) is 18.5. The minimum Gasteiger partial charge on any atom is -0.494 e. The molecule has 9 heteroatoms. The largest absolute Gasteiger partial charge is 0.494 e. The van der Waals surface area contributed by atoms with Crippen LogP contribution in [0.5, 0.6) is 5.75 Å². The number of ether oxygens (including phenoxy) is 1. The highest BCUT2D eigenvalue weighted by atomic mass is 32.2. The van der Waals surface area contributed by atoms with Gasteiger partial charge in [-0.2, -0.15) is 0 Å². The molecule has 36 heavy (non-hydrogen) atoms. The third-order valence-corrected chi connectivity index (χ3v) is 8.96. The summed E-state index contributed by atoms with van der Waals surface area (Å²) in [7, 11) is -1.70. The lowest BCUT2D eigenvalue weighted by Gasteiger charge is -2.31. The molecule has 0 bridgehead atoms. The number of fused-ring (bicyclic) bond motifs is 3. The van der Waals surface area contributed by atoms with Crippen LogP contribution in [0.1, 0.15) is 30.4 Å². The maximum absolute atomic E-state index is 12.4. The molecule has 1 fully saturated rings. The summed E-state index contributed by atoms with van der Waals surface area (Å²) in [5.41, 5.74) is 10.5. The number of H-pyrrole nitrogens is 1. The SMILES string of the molecule is CCS(=O)(=O)c1cccc(-c2nc3[nH]c4c(OC)c(C5CNCCC5C(N)=O)ccc4c3cc2C)c1. The van der Waals surface area contributed by atoms with Crippen LogP contribution in [0.2, 0.25) is 0 Å². The molecule has 1 aliphatic heterocycles. The Morgan fingerprint density at radius 2 is 2.00 bits per heavy atom. The second-order valence-corrected chi connectivity index (χ2v) is 11.6. The van der Waals surface area contributed by atoms with E-state index >= 15 is 0 Å². The number of benzene rings is 2. The van der Waals surface area contributed by atoms with Crippen LogP contribution in [0.3, 0.4) is 0 Å². The van der Waals surface area contributed by atoms with Gasteiger partial charge in [0.05, 0.1) is 29.0 Å². The highest BCUT2D eigenvalue weighted by Gasteiger charge is 2.33. The maximum Gasteiger partial charge on any atom is 0.221 e. The molecule has 0 saturated carbocycles. The van der Waals surface area contributed by atoms with E-state index in [2.05, 4.69) is 16.4 Å². The Kier molecular flexibility index (Phi) is 6.22. The first-order chi connectivity index (χ1) is 17.2. The molecule has 188 valence electrons. The van der Waals surface area contributed by atoms with Gasteiger partial charge in [-0.15, -0.1) is 0 Å². The molecule has 0 aliphatic carbocycles. The van der Waals surface area contributed by atoms with E-state index in [9.17, 15) is 13.2 Å². The van der Waals surface area contributed by atoms with E-state index in [1.54, 1.807) is 32.2 Å². The molecule has 4 aromatic rings. The lowest BCUT2D eigenvalue weighted by Crippen LogP contribution is -2.41. The van der Waals surface area contributed by atoms with Crippen molar-refractivity contribution >= 4 is 37.7 Å². The number of piperidine rings is 1. The number of methoxy groups -OCH3 is 1. The molecule has 4 N–H and O–H groups in total. The van der Waals surface area contributed by atoms with Crippen molar-refractivity contribution in [3.8, 4) is 17.0 Å². The number of pyridine rings is 1. The van der Waals surface area contributed by atoms with Gasteiger partial charge in [0.25, 0.3) is 0 Å². The van der Waals surface area contributed by atoms with Crippen molar-refractivity contribution in [2.24, 2.45) is 11.7 Å². The zero-order valence-electron chi connectivity index (χ0n) is 20.6. The minimum atomic E-state index is -3.33. The van der Waals surface area contributed by atoms with Gasteiger partial charge in [-0.3, -0.25) is 4.79 Å². The van der Waals surface area contributed by atoms with Crippen LogP contribution in [-0.4, -0.2) is 50.2 Å². The standard InChI is InChI=1S/C27H30N4O4S/c1-4-36(33,34)17-7-5-6-16(13-17)23-15(2)12-21-18-8-9-19(22-14-29-11-10-20(22)26(28)32)25(35-3)24(18)31-27(21)30-23/h5-9,12-13,20,22,29H,4,10-11,14H2,1-3H3,(H2,28,32)(H,30,31). The van der Waals surface area contributed by atoms with Gasteiger partial charge >= 0.3 is 0 Å². The molecule has 0 radical (unpaired) electrons. The number of hydrogen-bond donors (Lipinski definition) is 3. The number of rotatable bonds is 6. The van der Waals surface area contributed by atoms with Crippen LogP contribution in [0.15, 0.2) is 47.4 Å². The topological polar surface area (TPSA) is 127 Å². The number of carbonyl (C=O) groups is 1. The smallest absolute Gasteiger partial charge is 0.221 e. The highest BCUT2D eigenvalue weighted by molar-refractivity contribution is 7.91. The Hall–Kier alpha value is -3.43. The summed E-state index contributed by atoms with van der Waals surface area (Å²) in [5, 5.41) is 5.28. The summed E-state index contributed by atoms with van der Waals surface area (Å²) in [6, 6.07) is 13.0. The van der Waals surface area contributed by atoms with E-state index in [4.69, 9.17) is 15.5 Å². The molecule has 2 unspecified atom stereocenters. The number of aryl methyl sites for hydroxylation is 1. The number of nitrogens with zero attached hydrogens (tertiary/aromatic N) is 1. The molecule has 2 atom stereocenters. The maximum atomic E-state index is 12.4. The quantitative estimate of drug-likeness (QED) is 0.366. The van der Waals surface area contributed by atoms with Crippen LogP contribution in [-0.2, 0) is 14.6 Å². The Morgan fingerprint density at radius 3 is 2.72 bits per heavy atom. The lowest BCUT2D eigenvalue weighted by molar-refractivity contribution is -0.123. The molecule has 5 rings (SSSR count). The summed E-state index contributed by atoms with van der Waals surface area (Å²) < 4.78 is 30.7. The Balaban J connectivity index is 1.66. The highest BCUT2D eigenvalue weighted by Crippen LogP contribution is 2.41. The van der Waals surface area contributed by atoms with Gasteiger partial charge in [0.15, 0.2) is 9.84 Å². The Bertz CT molecular complexity index is 1590. The second-order valence-electron chi connectivity index (χ2n) is 9.33. The van der Waals surface area contributed by atoms with Crippen molar-refractivity contribution in [3.63, 3.8) is 0 Å². The van der Waals surface area contributed by atoms with Gasteiger partial charge in [-0.05, 0) is 43.7 Å². The van der Waals surface area contributed by atoms with Gasteiger partial charge < -0.3 is 20.8 Å². The van der Waals surface area contributed by atoms with E-state index in [0.717, 1.165) is 39.5 Å². The van der Waals surface area contributed by atoms with Crippen LogP contribution < -0.4 is 15.8 Å². The van der Waals surface area contributed by atoms with Crippen molar-refractivity contribution in [1.29, 1.82) is 0 Å². The molecule has 3 heterocycles. The first kappa shape index (κ1) is 24.3. The fourth-order valence-electron chi connectivity index (χ4n) is 5.31. The zero-order chi connectivity index (χ0) is 25.6. The third-order valence-electron chi connectivity index (χ3n) is 7.23. The molecule has 0 spiro atoms. The molecule has 1 amide bonds. The van der Waals surface area contributed by atoms with Crippen LogP contribution in [0.4, 0.5) is 0 Å². The van der Waals surface area contributed by atoms with Crippen molar-refractivity contribution in [2.45, 2.75) is 31.1 Å². The summed E-state index contributed by atoms with van der Waals surface area (Å²) in [4.78, 5) is 20.8. The van der Waals surface area contributed by atoms with Crippen LogP contribution >= 0.6 is 0 Å². The summed E-state index contributed by atoms with van der Waals surface area (Å²) in [6.45, 7) is 5.01. The van der Waals surface area contributed by atoms with Gasteiger partial charge in [0.2, 0.25) is 5.91 Å². The molecule has 2 aromatic carbocycles. The number of aromatic amines is 1. The van der Waals surface area contributed by atoms with Crippen molar-refractivity contribution in [1.82, 2.24) is 15.3 Å². The number of carbonyl (C=O) groups excluding carboxylic acids is 1. The number of amides is 1. The number of aromatic nitrogens is 2. The summed E-state index contributed by atoms with van der Waals surface area (Å²) in [5.74, 6) is 0.0745. The first-order valence-corrected chi connectivity index (χ1v) is 13.7. The van der Waals surface area contributed by atoms with Crippen molar-refractivity contribution < 1.29 is 17.9 Å². The molecule has 1 aliphatic rings. The number of nitrogens with two attached hydrogens (primary N) is 1. The number of primary amides is 1. The average Bonchev–Trinajstić information content (AvgIpc) is 3.25. The van der Waals surface area contributed by atoms with Crippen LogP contribution in [0.25, 0.3) is 33.2 Å². The van der Waals surface area contributed by atoms with E-state index in [0.29, 0.717) is 30.1 Å². The predicted octanol–water partition coefficient (Wildman–Crippen LogP) is 3.67. The minimum absolute atomic E-state index is 0.0408. The number of sulfone groups is 1. The van der Waals surface area contributed by atoms with E-state index in [1.807, 2.05) is 25.1 Å². The number of hydrogen-bond acceptors (Lipinski definition) is 6. The zero-order valence-corrected chi connectivity index (χ0v) is 21.4. The Morgan fingerprint density at radius 1 is 1.19 bits per heavy atom. The van der Waals surface area contributed by atoms with E-state index in [1.165, 1.54) is 0 Å². The van der Waals surface area contributed by atoms with Crippen molar-refractivity contribution in [3.05, 3.63) is 53.6 Å². The fourth-order valence-corrected chi connectivity index (χ4v) is 6.24. The molecule has 2 aromatic heterocycles. The molecule has 8 nitrogen and oxygen atoms in total. The van der Waals surface area contributed by atoms with Gasteiger partial charge in [0.1, 0.15) is 11.4 Å². The Labute approximate surface area is 210 Å². The van der Waals surface area contributed by atoms with E-state index in [-0.39, 0.29) is 28.4 Å².